The SMILES string of the molecule is CC(=O)C1C[C@](C)(O)CN1C(=O)OC(C)(C)C. The van der Waals surface area contributed by atoms with E-state index in [0.717, 1.165) is 0 Å². The molecule has 2 atom stereocenters. The van der Waals surface area contributed by atoms with Crippen LogP contribution in [0, 0.1) is 0 Å². The standard InChI is InChI=1S/C12H21NO4/c1-8(14)9-6-12(5,16)7-13(9)10(15)17-11(2,3)4/h9,16H,6-7H2,1-5H3/t9?,12-/m0/s1. The van der Waals surface area contributed by atoms with Gasteiger partial charge in [0.1, 0.15) is 5.60 Å². The van der Waals surface area contributed by atoms with E-state index in [1.807, 2.05) is 0 Å². The van der Waals surface area contributed by atoms with Crippen molar-refractivity contribution in [2.75, 3.05) is 6.54 Å². The summed E-state index contributed by atoms with van der Waals surface area (Å²) >= 11 is 0. The Balaban J connectivity index is 2.81. The van der Waals surface area contributed by atoms with E-state index < -0.39 is 23.3 Å². The minimum absolute atomic E-state index is 0.131. The van der Waals surface area contributed by atoms with Crippen LogP contribution in [0.4, 0.5) is 4.79 Å². The van der Waals surface area contributed by atoms with Gasteiger partial charge in [-0.25, -0.2) is 4.79 Å². The topological polar surface area (TPSA) is 66.8 Å². The maximum Gasteiger partial charge on any atom is 0.411 e. The molecule has 0 spiro atoms. The van der Waals surface area contributed by atoms with Gasteiger partial charge in [-0.2, -0.15) is 0 Å². The Morgan fingerprint density at radius 3 is 2.35 bits per heavy atom. The van der Waals surface area contributed by atoms with Crippen LogP contribution in [-0.4, -0.2) is 45.7 Å². The van der Waals surface area contributed by atoms with Gasteiger partial charge in [-0.05, 0) is 34.6 Å². The van der Waals surface area contributed by atoms with Gasteiger partial charge in [-0.3, -0.25) is 9.69 Å². The second-order valence-corrected chi connectivity index (χ2v) is 5.94. The summed E-state index contributed by atoms with van der Waals surface area (Å²) < 4.78 is 5.22. The first-order chi connectivity index (χ1) is 7.52. The van der Waals surface area contributed by atoms with Gasteiger partial charge in [0.25, 0.3) is 0 Å². The zero-order valence-corrected chi connectivity index (χ0v) is 11.1. The molecule has 1 unspecified atom stereocenters. The fourth-order valence-corrected chi connectivity index (χ4v) is 1.94. The molecule has 0 aromatic heterocycles. The lowest BCUT2D eigenvalue weighted by molar-refractivity contribution is -0.121. The van der Waals surface area contributed by atoms with Crippen LogP contribution in [0.15, 0.2) is 0 Å². The molecule has 1 heterocycles. The van der Waals surface area contributed by atoms with Crippen molar-refractivity contribution < 1.29 is 19.4 Å². The lowest BCUT2D eigenvalue weighted by Crippen LogP contribution is -2.43. The molecule has 1 saturated heterocycles. The number of hydrogen-bond donors (Lipinski definition) is 1. The lowest BCUT2D eigenvalue weighted by atomic mass is 10.0. The third-order valence-corrected chi connectivity index (χ3v) is 2.62. The molecule has 0 saturated carbocycles. The van der Waals surface area contributed by atoms with E-state index in [4.69, 9.17) is 4.74 Å². The Morgan fingerprint density at radius 1 is 1.41 bits per heavy atom. The number of ether oxygens (including phenoxy) is 1. The van der Waals surface area contributed by atoms with Crippen LogP contribution in [0.5, 0.6) is 0 Å². The van der Waals surface area contributed by atoms with E-state index >= 15 is 0 Å². The number of hydrogen-bond acceptors (Lipinski definition) is 4. The Bertz CT molecular complexity index is 330. The van der Waals surface area contributed by atoms with Crippen molar-refractivity contribution in [3.05, 3.63) is 0 Å². The number of aliphatic hydroxyl groups is 1. The zero-order chi connectivity index (χ0) is 13.4. The molecule has 1 aliphatic rings. The second kappa shape index (κ2) is 4.29. The second-order valence-electron chi connectivity index (χ2n) is 5.94. The maximum absolute atomic E-state index is 11.9. The average Bonchev–Trinajstić information content (AvgIpc) is 2.38. The highest BCUT2D eigenvalue weighted by atomic mass is 16.6. The molecule has 0 aromatic carbocycles. The van der Waals surface area contributed by atoms with Gasteiger partial charge in [0.2, 0.25) is 0 Å². The number of nitrogens with zero attached hydrogens (tertiary/aromatic N) is 1. The lowest BCUT2D eigenvalue weighted by Gasteiger charge is -2.27. The molecular weight excluding hydrogens is 222 g/mol. The van der Waals surface area contributed by atoms with E-state index in [9.17, 15) is 14.7 Å². The molecule has 5 nitrogen and oxygen atoms in total. The smallest absolute Gasteiger partial charge is 0.411 e. The minimum Gasteiger partial charge on any atom is -0.444 e. The number of Topliss-reactive ketones (excluding diaryl/α,β-unsaturated/α-hetero) is 1. The molecule has 1 rings (SSSR count). The summed E-state index contributed by atoms with van der Waals surface area (Å²) in [7, 11) is 0. The molecule has 98 valence electrons. The van der Waals surface area contributed by atoms with Gasteiger partial charge in [-0.1, -0.05) is 0 Å². The summed E-state index contributed by atoms with van der Waals surface area (Å²) in [5, 5.41) is 9.93. The summed E-state index contributed by atoms with van der Waals surface area (Å²) in [6.07, 6.45) is -0.280. The van der Waals surface area contributed by atoms with Gasteiger partial charge >= 0.3 is 6.09 Å². The molecule has 1 N–H and O–H groups in total. The summed E-state index contributed by atoms with van der Waals surface area (Å²) in [5.74, 6) is -0.131. The molecule has 17 heavy (non-hydrogen) atoms. The minimum atomic E-state index is -1.02. The van der Waals surface area contributed by atoms with Crippen LogP contribution in [0.2, 0.25) is 0 Å². The highest BCUT2D eigenvalue weighted by Crippen LogP contribution is 2.28. The normalized spacial score (nSPS) is 29.3. The summed E-state index contributed by atoms with van der Waals surface area (Å²) in [5.41, 5.74) is -1.62. The van der Waals surface area contributed by atoms with E-state index in [1.165, 1.54) is 11.8 Å². The first kappa shape index (κ1) is 14.0. The third kappa shape index (κ3) is 3.70. The molecule has 1 aliphatic heterocycles. The molecule has 5 heteroatoms. The van der Waals surface area contributed by atoms with Crippen molar-refractivity contribution in [1.82, 2.24) is 4.90 Å². The Kier molecular flexibility index (Phi) is 3.52. The van der Waals surface area contributed by atoms with E-state index in [-0.39, 0.29) is 18.7 Å². The Morgan fingerprint density at radius 2 is 1.94 bits per heavy atom. The zero-order valence-electron chi connectivity index (χ0n) is 11.1. The highest BCUT2D eigenvalue weighted by Gasteiger charge is 2.45. The van der Waals surface area contributed by atoms with Crippen molar-refractivity contribution in [2.45, 2.75) is 58.3 Å². The molecule has 0 aliphatic carbocycles. The quantitative estimate of drug-likeness (QED) is 0.754. The number of carbonyl (C=O) groups is 2. The van der Waals surface area contributed by atoms with Crippen LogP contribution in [-0.2, 0) is 9.53 Å². The fourth-order valence-electron chi connectivity index (χ4n) is 1.94. The fraction of sp³-hybridized carbons (Fsp3) is 0.833. The van der Waals surface area contributed by atoms with Crippen molar-refractivity contribution in [1.29, 1.82) is 0 Å². The largest absolute Gasteiger partial charge is 0.444 e. The average molecular weight is 243 g/mol. The molecule has 0 aromatic rings. The Hall–Kier alpha value is -1.10. The predicted molar refractivity (Wildman–Crippen MR) is 62.6 cm³/mol. The van der Waals surface area contributed by atoms with Crippen molar-refractivity contribution >= 4 is 11.9 Å². The number of likely N-dealkylation sites (tertiary alicyclic amines) is 1. The number of ketones is 1. The molecule has 0 radical (unpaired) electrons. The summed E-state index contributed by atoms with van der Waals surface area (Å²) in [6.45, 7) is 8.47. The summed E-state index contributed by atoms with van der Waals surface area (Å²) in [6, 6.07) is -0.583. The van der Waals surface area contributed by atoms with Crippen LogP contribution < -0.4 is 0 Å². The van der Waals surface area contributed by atoms with Crippen LogP contribution in [0.1, 0.15) is 41.0 Å². The number of β-amino-alcohol motifs (C(OH)–C–C–N with tert-alkyl or cyclic N) is 1. The molecule has 1 fully saturated rings. The third-order valence-electron chi connectivity index (χ3n) is 2.62. The number of amides is 1. The van der Waals surface area contributed by atoms with Gasteiger partial charge in [0, 0.05) is 6.42 Å². The van der Waals surface area contributed by atoms with Gasteiger partial charge in [0.15, 0.2) is 5.78 Å². The number of rotatable bonds is 1. The van der Waals surface area contributed by atoms with Crippen LogP contribution >= 0.6 is 0 Å². The maximum atomic E-state index is 11.9. The van der Waals surface area contributed by atoms with Crippen LogP contribution in [0.3, 0.4) is 0 Å². The molecule has 0 bridgehead atoms. The molecular formula is C12H21NO4. The highest BCUT2D eigenvalue weighted by molar-refractivity contribution is 5.86. The van der Waals surface area contributed by atoms with Crippen molar-refractivity contribution in [3.63, 3.8) is 0 Å². The molecule has 1 amide bonds. The Labute approximate surface area is 102 Å². The van der Waals surface area contributed by atoms with E-state index in [2.05, 4.69) is 0 Å². The first-order valence-corrected chi connectivity index (χ1v) is 5.74. The van der Waals surface area contributed by atoms with Gasteiger partial charge in [-0.15, -0.1) is 0 Å². The van der Waals surface area contributed by atoms with Crippen molar-refractivity contribution in [2.24, 2.45) is 0 Å². The van der Waals surface area contributed by atoms with E-state index in [0.29, 0.717) is 0 Å². The van der Waals surface area contributed by atoms with E-state index in [1.54, 1.807) is 27.7 Å². The first-order valence-electron chi connectivity index (χ1n) is 5.74. The van der Waals surface area contributed by atoms with Gasteiger partial charge in [0.05, 0.1) is 18.2 Å². The predicted octanol–water partition coefficient (Wildman–Crippen LogP) is 1.34. The van der Waals surface area contributed by atoms with Crippen molar-refractivity contribution in [3.8, 4) is 0 Å². The van der Waals surface area contributed by atoms with Crippen LogP contribution in [0.25, 0.3) is 0 Å². The van der Waals surface area contributed by atoms with Gasteiger partial charge < -0.3 is 9.84 Å². The monoisotopic (exact) mass is 243 g/mol. The summed E-state index contributed by atoms with van der Waals surface area (Å²) in [4.78, 5) is 24.7. The number of carbonyl (C=O) groups excluding carboxylic acids is 2.